The highest BCUT2D eigenvalue weighted by molar-refractivity contribution is 5.85. The summed E-state index contributed by atoms with van der Waals surface area (Å²) in [7, 11) is 0. The lowest BCUT2D eigenvalue weighted by Gasteiger charge is -2.46. The van der Waals surface area contributed by atoms with Crippen LogP contribution < -0.4 is 10.5 Å². The van der Waals surface area contributed by atoms with E-state index in [0.29, 0.717) is 12.0 Å². The highest BCUT2D eigenvalue weighted by atomic mass is 35.5. The van der Waals surface area contributed by atoms with Crippen LogP contribution in [0.5, 0.6) is 5.75 Å². The fourth-order valence-corrected chi connectivity index (χ4v) is 3.19. The van der Waals surface area contributed by atoms with Gasteiger partial charge >= 0.3 is 0 Å². The monoisotopic (exact) mass is 239 g/mol. The van der Waals surface area contributed by atoms with E-state index in [9.17, 15) is 0 Å². The summed E-state index contributed by atoms with van der Waals surface area (Å²) >= 11 is 0. The topological polar surface area (TPSA) is 35.2 Å². The zero-order valence-corrected chi connectivity index (χ0v) is 10.3. The van der Waals surface area contributed by atoms with E-state index < -0.39 is 0 Å². The van der Waals surface area contributed by atoms with Crippen molar-refractivity contribution >= 4 is 12.4 Å². The molecule has 3 unspecified atom stereocenters. The lowest BCUT2D eigenvalue weighted by Crippen LogP contribution is -2.48. The summed E-state index contributed by atoms with van der Waals surface area (Å²) in [6, 6.07) is 8.68. The molecule has 2 nitrogen and oxygen atoms in total. The molecule has 2 N–H and O–H groups in total. The van der Waals surface area contributed by atoms with Gasteiger partial charge in [-0.25, -0.2) is 0 Å². The van der Waals surface area contributed by atoms with Gasteiger partial charge in [-0.2, -0.15) is 0 Å². The molecule has 3 heteroatoms. The Morgan fingerprint density at radius 2 is 2.06 bits per heavy atom. The number of hydrogen-bond donors (Lipinski definition) is 1. The molecule has 0 saturated heterocycles. The van der Waals surface area contributed by atoms with Crippen LogP contribution >= 0.6 is 12.4 Å². The molecule has 3 atom stereocenters. The molecule has 1 fully saturated rings. The van der Waals surface area contributed by atoms with Crippen LogP contribution in [0.4, 0.5) is 0 Å². The maximum absolute atomic E-state index is 6.09. The predicted octanol–water partition coefficient (Wildman–Crippen LogP) is 2.85. The first kappa shape index (κ1) is 11.7. The number of benzene rings is 1. The van der Waals surface area contributed by atoms with Crippen LogP contribution in [0.3, 0.4) is 0 Å². The van der Waals surface area contributed by atoms with E-state index >= 15 is 0 Å². The number of rotatable bonds is 0. The van der Waals surface area contributed by atoms with Gasteiger partial charge in [-0.1, -0.05) is 18.2 Å². The van der Waals surface area contributed by atoms with Crippen molar-refractivity contribution in [2.75, 3.05) is 0 Å². The first-order valence-corrected chi connectivity index (χ1v) is 5.70. The Balaban J connectivity index is 0.000000963. The van der Waals surface area contributed by atoms with Crippen LogP contribution in [-0.4, -0.2) is 11.6 Å². The number of hydrogen-bond acceptors (Lipinski definition) is 2. The third kappa shape index (κ3) is 1.80. The standard InChI is InChI=1S/C13H17NO.ClH/c1-13-7-9(6-10(14)8-13)11-4-2-3-5-12(11)15-13;/h2-5,9-10H,6-8,14H2,1H3;1H. The van der Waals surface area contributed by atoms with Gasteiger partial charge in [0.2, 0.25) is 0 Å². The molecule has 0 amide bonds. The molecule has 1 aliphatic heterocycles. The smallest absolute Gasteiger partial charge is 0.123 e. The summed E-state index contributed by atoms with van der Waals surface area (Å²) in [6.45, 7) is 2.19. The lowest BCUT2D eigenvalue weighted by molar-refractivity contribution is 0.0137. The van der Waals surface area contributed by atoms with Crippen LogP contribution in [0.25, 0.3) is 0 Å². The van der Waals surface area contributed by atoms with Gasteiger partial charge in [-0.05, 0) is 37.3 Å². The molecule has 1 aliphatic carbocycles. The highest BCUT2D eigenvalue weighted by Gasteiger charge is 2.42. The SMILES string of the molecule is CC12CC(N)CC(C1)c1ccccc1O2.Cl. The van der Waals surface area contributed by atoms with Crippen LogP contribution in [-0.2, 0) is 0 Å². The van der Waals surface area contributed by atoms with Crippen molar-refractivity contribution in [2.45, 2.75) is 43.7 Å². The van der Waals surface area contributed by atoms with E-state index in [1.807, 2.05) is 6.07 Å². The summed E-state index contributed by atoms with van der Waals surface area (Å²) in [6.07, 6.45) is 3.21. The Morgan fingerprint density at radius 1 is 1.31 bits per heavy atom. The molecule has 2 aliphatic rings. The summed E-state index contributed by atoms with van der Waals surface area (Å²) < 4.78 is 6.08. The van der Waals surface area contributed by atoms with Crippen molar-refractivity contribution in [1.82, 2.24) is 0 Å². The average Bonchev–Trinajstić information content (AvgIpc) is 2.15. The Morgan fingerprint density at radius 3 is 2.88 bits per heavy atom. The van der Waals surface area contributed by atoms with Gasteiger partial charge in [0.1, 0.15) is 11.4 Å². The zero-order valence-electron chi connectivity index (χ0n) is 9.48. The van der Waals surface area contributed by atoms with Gasteiger partial charge in [-0.15, -0.1) is 12.4 Å². The van der Waals surface area contributed by atoms with Gasteiger partial charge in [-0.3, -0.25) is 0 Å². The molecule has 0 aromatic heterocycles. The predicted molar refractivity (Wildman–Crippen MR) is 67.3 cm³/mol. The minimum absolute atomic E-state index is 0. The second-order valence-corrected chi connectivity index (χ2v) is 5.19. The Bertz CT molecular complexity index is 395. The van der Waals surface area contributed by atoms with Gasteiger partial charge in [0.15, 0.2) is 0 Å². The second-order valence-electron chi connectivity index (χ2n) is 5.19. The molecular formula is C13H18ClNO. The number of ether oxygens (including phenoxy) is 1. The van der Waals surface area contributed by atoms with Crippen molar-refractivity contribution in [1.29, 1.82) is 0 Å². The number of halogens is 1. The Labute approximate surface area is 103 Å². The van der Waals surface area contributed by atoms with E-state index in [0.717, 1.165) is 25.0 Å². The van der Waals surface area contributed by atoms with Crippen LogP contribution in [0.1, 0.15) is 37.7 Å². The molecule has 0 radical (unpaired) electrons. The molecule has 1 saturated carbocycles. The van der Waals surface area contributed by atoms with E-state index in [1.54, 1.807) is 0 Å². The van der Waals surface area contributed by atoms with Crippen molar-refractivity contribution in [2.24, 2.45) is 5.73 Å². The fourth-order valence-electron chi connectivity index (χ4n) is 3.19. The van der Waals surface area contributed by atoms with E-state index in [1.165, 1.54) is 5.56 Å². The third-order valence-electron chi connectivity index (χ3n) is 3.67. The van der Waals surface area contributed by atoms with Crippen molar-refractivity contribution in [3.8, 4) is 5.75 Å². The second kappa shape index (κ2) is 3.94. The van der Waals surface area contributed by atoms with Gasteiger partial charge in [0.25, 0.3) is 0 Å². The maximum atomic E-state index is 6.09. The zero-order chi connectivity index (χ0) is 10.5. The molecule has 2 bridgehead atoms. The summed E-state index contributed by atoms with van der Waals surface area (Å²) in [5.74, 6) is 1.67. The molecule has 1 aromatic carbocycles. The van der Waals surface area contributed by atoms with Crippen LogP contribution in [0.15, 0.2) is 24.3 Å². The van der Waals surface area contributed by atoms with Gasteiger partial charge in [0.05, 0.1) is 0 Å². The number of nitrogens with two attached hydrogens (primary N) is 1. The third-order valence-corrected chi connectivity index (χ3v) is 3.67. The van der Waals surface area contributed by atoms with Crippen molar-refractivity contribution in [3.63, 3.8) is 0 Å². The molecule has 16 heavy (non-hydrogen) atoms. The molecule has 3 rings (SSSR count). The quantitative estimate of drug-likeness (QED) is 0.756. The highest BCUT2D eigenvalue weighted by Crippen LogP contribution is 2.47. The minimum Gasteiger partial charge on any atom is -0.487 e. The summed E-state index contributed by atoms with van der Waals surface area (Å²) in [4.78, 5) is 0. The summed E-state index contributed by atoms with van der Waals surface area (Å²) in [5, 5.41) is 0. The average molecular weight is 240 g/mol. The number of fused-ring (bicyclic) bond motifs is 4. The van der Waals surface area contributed by atoms with E-state index in [4.69, 9.17) is 10.5 Å². The van der Waals surface area contributed by atoms with E-state index in [-0.39, 0.29) is 18.0 Å². The van der Waals surface area contributed by atoms with E-state index in [2.05, 4.69) is 25.1 Å². The lowest BCUT2D eigenvalue weighted by atomic mass is 9.72. The Hall–Kier alpha value is -0.730. The first-order chi connectivity index (χ1) is 7.16. The summed E-state index contributed by atoms with van der Waals surface area (Å²) in [5.41, 5.74) is 7.41. The molecule has 0 spiro atoms. The molecule has 88 valence electrons. The van der Waals surface area contributed by atoms with Gasteiger partial charge in [0, 0.05) is 12.5 Å². The van der Waals surface area contributed by atoms with Crippen molar-refractivity contribution in [3.05, 3.63) is 29.8 Å². The normalized spacial score (nSPS) is 35.6. The van der Waals surface area contributed by atoms with Crippen LogP contribution in [0.2, 0.25) is 0 Å². The van der Waals surface area contributed by atoms with Gasteiger partial charge < -0.3 is 10.5 Å². The Kier molecular flexibility index (Phi) is 2.89. The maximum Gasteiger partial charge on any atom is 0.123 e. The number of para-hydroxylation sites is 1. The van der Waals surface area contributed by atoms with Crippen molar-refractivity contribution < 1.29 is 4.74 Å². The van der Waals surface area contributed by atoms with Crippen LogP contribution in [0, 0.1) is 0 Å². The molecular weight excluding hydrogens is 222 g/mol. The first-order valence-electron chi connectivity index (χ1n) is 5.70. The fraction of sp³-hybridized carbons (Fsp3) is 0.538. The molecule has 1 aromatic rings. The minimum atomic E-state index is -0.0311. The molecule has 1 heterocycles. The largest absolute Gasteiger partial charge is 0.487 e.